The summed E-state index contributed by atoms with van der Waals surface area (Å²) in [7, 11) is -7.86. The zero-order valence-electron chi connectivity index (χ0n) is 18.1. The Balaban J connectivity index is 0. The van der Waals surface area contributed by atoms with Gasteiger partial charge in [0.15, 0.2) is 0 Å². The fraction of sp³-hybridized carbons (Fsp3) is 0.938. The molecule has 0 saturated carbocycles. The molecule has 1 atom stereocenters. The second kappa shape index (κ2) is 12.2. The van der Waals surface area contributed by atoms with Crippen molar-refractivity contribution in [1.82, 2.24) is 4.98 Å². The van der Waals surface area contributed by atoms with Crippen LogP contribution in [-0.4, -0.2) is 66.9 Å². The van der Waals surface area contributed by atoms with E-state index in [-0.39, 0.29) is 6.42 Å². The summed E-state index contributed by atoms with van der Waals surface area (Å²) >= 11 is 0. The van der Waals surface area contributed by atoms with E-state index in [0.29, 0.717) is 0 Å². The fourth-order valence-electron chi connectivity index (χ4n) is 2.16. The van der Waals surface area contributed by atoms with Crippen LogP contribution in [0.2, 0.25) is 39.3 Å². The summed E-state index contributed by atoms with van der Waals surface area (Å²) in [5, 5.41) is 0. The van der Waals surface area contributed by atoms with Crippen LogP contribution in [0.4, 0.5) is 0 Å². The van der Waals surface area contributed by atoms with Crippen LogP contribution in [0.25, 0.3) is 0 Å². The highest BCUT2D eigenvalue weighted by Gasteiger charge is 2.30. The van der Waals surface area contributed by atoms with Crippen molar-refractivity contribution in [1.29, 1.82) is 0 Å². The van der Waals surface area contributed by atoms with Gasteiger partial charge < -0.3 is 14.3 Å². The molecule has 26 heavy (non-hydrogen) atoms. The van der Waals surface area contributed by atoms with Crippen LogP contribution in [0.15, 0.2) is 0 Å². The van der Waals surface area contributed by atoms with Gasteiger partial charge in [-0.15, -0.1) is 0 Å². The summed E-state index contributed by atoms with van der Waals surface area (Å²) in [4.78, 5) is 16.9. The molecular weight excluding hydrogens is 388 g/mol. The van der Waals surface area contributed by atoms with Crippen LogP contribution in [0.5, 0.6) is 0 Å². The molecule has 0 spiro atoms. The molecule has 0 aliphatic carbocycles. The first-order valence-electron chi connectivity index (χ1n) is 9.33. The smallest absolute Gasteiger partial charge is 0.309 e. The Morgan fingerprint density at radius 2 is 1.46 bits per heavy atom. The maximum atomic E-state index is 12.0. The summed E-state index contributed by atoms with van der Waals surface area (Å²) in [6, 6.07) is -0.680. The first kappa shape index (κ1) is 27.9. The minimum absolute atomic E-state index is 0.0203. The van der Waals surface area contributed by atoms with E-state index in [4.69, 9.17) is 8.98 Å². The largest absolute Gasteiger partial charge is 0.519 e. The molecule has 0 rings (SSSR count). The van der Waals surface area contributed by atoms with Gasteiger partial charge >= 0.3 is 5.97 Å². The summed E-state index contributed by atoms with van der Waals surface area (Å²) in [5.74, 6) is -0.874. The normalized spacial score (nSPS) is 13.8. The lowest BCUT2D eigenvalue weighted by molar-refractivity contribution is -0.894. The van der Waals surface area contributed by atoms with Crippen molar-refractivity contribution in [3.05, 3.63) is 0 Å². The van der Waals surface area contributed by atoms with E-state index < -0.39 is 44.4 Å². The average Bonchev–Trinajstić information content (AvgIpc) is 2.42. The molecule has 0 bridgehead atoms. The summed E-state index contributed by atoms with van der Waals surface area (Å²) in [6.45, 7) is 22.2. The van der Waals surface area contributed by atoms with E-state index >= 15 is 0 Å². The van der Waals surface area contributed by atoms with Crippen LogP contribution in [0.1, 0.15) is 27.2 Å². The third-order valence-electron chi connectivity index (χ3n) is 3.46. The topological polar surface area (TPSA) is 97.1 Å². The second-order valence-electron chi connectivity index (χ2n) is 8.37. The molecule has 3 N–H and O–H groups in total. The predicted octanol–water partition coefficient (Wildman–Crippen LogP) is 1.37. The van der Waals surface area contributed by atoms with E-state index in [1.165, 1.54) is 19.6 Å². The highest BCUT2D eigenvalue weighted by atomic mass is 32.2. The number of quaternary nitrogens is 1. The number of hydrogen-bond acceptors (Lipinski definition) is 5. The van der Waals surface area contributed by atoms with Crippen LogP contribution in [0, 0.1) is 0 Å². The van der Waals surface area contributed by atoms with Crippen molar-refractivity contribution in [2.45, 2.75) is 72.5 Å². The van der Waals surface area contributed by atoms with Gasteiger partial charge in [-0.1, -0.05) is 19.6 Å². The lowest BCUT2D eigenvalue weighted by Gasteiger charge is -2.28. The fourth-order valence-corrected chi connectivity index (χ4v) is 4.75. The van der Waals surface area contributed by atoms with Crippen molar-refractivity contribution < 1.29 is 27.1 Å². The molecular formula is C16H41N2O5SSi2+. The third-order valence-corrected chi connectivity index (χ3v) is 6.24. The molecule has 0 aromatic heterocycles. The Morgan fingerprint density at radius 1 is 1.04 bits per heavy atom. The average molecular weight is 430 g/mol. The Hall–Kier alpha value is -0.266. The van der Waals surface area contributed by atoms with E-state index in [2.05, 4.69) is 25.8 Å². The van der Waals surface area contributed by atoms with Crippen LogP contribution in [-0.2, 0) is 19.3 Å². The number of carbonyl (C=O) groups is 1. The van der Waals surface area contributed by atoms with E-state index in [0.717, 1.165) is 0 Å². The van der Waals surface area contributed by atoms with Gasteiger partial charge in [0.1, 0.15) is 8.24 Å². The molecule has 7 nitrogen and oxygen atoms in total. The number of nitrogens with one attached hydrogen (secondary N) is 2. The summed E-state index contributed by atoms with van der Waals surface area (Å²) < 4.78 is 35.8. The van der Waals surface area contributed by atoms with Gasteiger partial charge in [-0.2, -0.15) is 8.42 Å². The molecule has 158 valence electrons. The highest BCUT2D eigenvalue weighted by molar-refractivity contribution is 7.85. The minimum atomic E-state index is -4.07. The quantitative estimate of drug-likeness (QED) is 0.358. The summed E-state index contributed by atoms with van der Waals surface area (Å²) in [6.07, 6.45) is 0.0203. The van der Waals surface area contributed by atoms with Crippen LogP contribution >= 0.6 is 0 Å². The molecule has 0 aromatic carbocycles. The van der Waals surface area contributed by atoms with Crippen molar-refractivity contribution in [2.75, 3.05) is 25.4 Å². The van der Waals surface area contributed by atoms with Crippen molar-refractivity contribution in [2.24, 2.45) is 0 Å². The monoisotopic (exact) mass is 429 g/mol. The Morgan fingerprint density at radius 3 is 1.69 bits per heavy atom. The first-order chi connectivity index (χ1) is 11.5. The predicted molar refractivity (Wildman–Crippen MR) is 113 cm³/mol. The third kappa shape index (κ3) is 18.5. The molecule has 0 radical (unpaired) electrons. The van der Waals surface area contributed by atoms with E-state index in [1.54, 1.807) is 4.90 Å². The zero-order valence-corrected chi connectivity index (χ0v) is 20.9. The second-order valence-corrected chi connectivity index (χ2v) is 19.2. The Bertz CT molecular complexity index is 492. The number of hydrogen-bond donors (Lipinski definition) is 3. The van der Waals surface area contributed by atoms with Gasteiger partial charge in [0.05, 0.1) is 31.4 Å². The Labute approximate surface area is 162 Å². The molecule has 0 saturated heterocycles. The molecule has 0 amide bonds. The standard InChI is InChI=1S/C10H25NO5SSi2.C6H15N/c1-18(2,3)11-9(7-8-17(13,14)15)10(12)16-19(4,5)6;1-4-7(5-2)6-3/h9,11H,7-8H2,1-6H3,(H,13,14,15);4-6H2,1-3H3/p+1. The molecule has 1 unspecified atom stereocenters. The van der Waals surface area contributed by atoms with Crippen LogP contribution < -0.4 is 9.88 Å². The van der Waals surface area contributed by atoms with Gasteiger partial charge in [-0.25, -0.2) is 0 Å². The SMILES string of the molecule is CC[NH+](CC)CC.C[Si](C)(C)NC(CCS(=O)(=O)O)C(=O)O[Si](C)(C)C. The maximum Gasteiger partial charge on any atom is 0.309 e. The van der Waals surface area contributed by atoms with Gasteiger partial charge in [-0.3, -0.25) is 9.35 Å². The number of carbonyl (C=O) groups excluding carboxylic acids is 1. The molecule has 0 aromatic rings. The molecule has 0 aliphatic heterocycles. The zero-order chi connectivity index (χ0) is 21.2. The van der Waals surface area contributed by atoms with Gasteiger partial charge in [0, 0.05) is 0 Å². The molecule has 10 heteroatoms. The van der Waals surface area contributed by atoms with Gasteiger partial charge in [0.2, 0.25) is 8.32 Å². The molecule has 0 fully saturated rings. The lowest BCUT2D eigenvalue weighted by atomic mass is 10.2. The maximum absolute atomic E-state index is 12.0. The van der Waals surface area contributed by atoms with E-state index in [1.807, 2.05) is 39.3 Å². The number of rotatable bonds is 10. The van der Waals surface area contributed by atoms with E-state index in [9.17, 15) is 13.2 Å². The van der Waals surface area contributed by atoms with Gasteiger partial charge in [0.25, 0.3) is 10.1 Å². The van der Waals surface area contributed by atoms with Crippen molar-refractivity contribution >= 4 is 32.6 Å². The molecule has 0 heterocycles. The highest BCUT2D eigenvalue weighted by Crippen LogP contribution is 2.10. The van der Waals surface area contributed by atoms with Crippen LogP contribution in [0.3, 0.4) is 0 Å². The Kier molecular flexibility index (Phi) is 13.2. The summed E-state index contributed by atoms with van der Waals surface area (Å²) in [5.41, 5.74) is 0. The first-order valence-corrected chi connectivity index (χ1v) is 17.9. The lowest BCUT2D eigenvalue weighted by Crippen LogP contribution is -3.11. The van der Waals surface area contributed by atoms with Gasteiger partial charge in [-0.05, 0) is 46.8 Å². The molecule has 0 aliphatic rings. The minimum Gasteiger partial charge on any atom is -0.519 e. The van der Waals surface area contributed by atoms with Crippen molar-refractivity contribution in [3.63, 3.8) is 0 Å². The van der Waals surface area contributed by atoms with Crippen molar-refractivity contribution in [3.8, 4) is 0 Å².